The Bertz CT molecular complexity index is 695. The van der Waals surface area contributed by atoms with Crippen LogP contribution in [0.25, 0.3) is 0 Å². The van der Waals surface area contributed by atoms with Gasteiger partial charge in [0.15, 0.2) is 5.96 Å². The van der Waals surface area contributed by atoms with Crippen LogP contribution in [0.4, 0.5) is 0 Å². The van der Waals surface area contributed by atoms with E-state index in [0.29, 0.717) is 12.1 Å². The van der Waals surface area contributed by atoms with E-state index < -0.39 is 0 Å². The summed E-state index contributed by atoms with van der Waals surface area (Å²) in [6, 6.07) is 15.6. The Morgan fingerprint density at radius 2 is 1.86 bits per heavy atom. The Kier molecular flexibility index (Phi) is 10.6. The van der Waals surface area contributed by atoms with Gasteiger partial charge in [-0.2, -0.15) is 0 Å². The van der Waals surface area contributed by atoms with E-state index in [9.17, 15) is 0 Å². The maximum Gasteiger partial charge on any atom is 0.191 e. The van der Waals surface area contributed by atoms with Crippen molar-refractivity contribution in [2.24, 2.45) is 4.99 Å². The highest BCUT2D eigenvalue weighted by molar-refractivity contribution is 14.0. The molecule has 0 aliphatic carbocycles. The molecule has 0 saturated carbocycles. The topological polar surface area (TPSA) is 52.8 Å². The van der Waals surface area contributed by atoms with Gasteiger partial charge in [-0.3, -0.25) is 4.99 Å². The summed E-state index contributed by atoms with van der Waals surface area (Å²) in [5.41, 5.74) is 1.34. The summed E-state index contributed by atoms with van der Waals surface area (Å²) < 4.78 is 5.42. The molecule has 5 nitrogen and oxygen atoms in total. The van der Waals surface area contributed by atoms with Gasteiger partial charge in [0.25, 0.3) is 0 Å². The van der Waals surface area contributed by atoms with E-state index in [-0.39, 0.29) is 24.0 Å². The smallest absolute Gasteiger partial charge is 0.191 e. The molecule has 1 aromatic heterocycles. The van der Waals surface area contributed by atoms with E-state index in [0.717, 1.165) is 63.6 Å². The molecule has 0 radical (unpaired) electrons. The van der Waals surface area contributed by atoms with Gasteiger partial charge >= 0.3 is 0 Å². The first kappa shape index (κ1) is 23.7. The number of aliphatic imine (C=N–C) groups is 1. The molecule has 2 N–H and O–H groups in total. The lowest BCUT2D eigenvalue weighted by atomic mass is 10.0. The number of rotatable bonds is 8. The average Bonchev–Trinajstić information content (AvgIpc) is 3.22. The van der Waals surface area contributed by atoms with Crippen molar-refractivity contribution in [1.29, 1.82) is 0 Å². The maximum atomic E-state index is 5.42. The number of benzene rings is 1. The zero-order valence-electron chi connectivity index (χ0n) is 17.6. The Hall–Kier alpha value is -1.54. The first-order chi connectivity index (χ1) is 13.7. The van der Waals surface area contributed by atoms with Gasteiger partial charge in [-0.25, -0.2) is 0 Å². The molecule has 1 fully saturated rings. The lowest BCUT2D eigenvalue weighted by Gasteiger charge is -2.35. The molecule has 6 heteroatoms. The van der Waals surface area contributed by atoms with E-state index in [1.807, 2.05) is 12.1 Å². The van der Waals surface area contributed by atoms with Crippen molar-refractivity contribution in [2.75, 3.05) is 26.2 Å². The number of likely N-dealkylation sites (tertiary alicyclic amines) is 1. The zero-order chi connectivity index (χ0) is 19.6. The van der Waals surface area contributed by atoms with Crippen LogP contribution in [0.2, 0.25) is 0 Å². The van der Waals surface area contributed by atoms with Gasteiger partial charge in [-0.05, 0) is 50.8 Å². The molecule has 3 rings (SSSR count). The second-order valence-electron chi connectivity index (χ2n) is 7.77. The first-order valence-corrected chi connectivity index (χ1v) is 10.6. The van der Waals surface area contributed by atoms with Crippen molar-refractivity contribution in [3.05, 3.63) is 60.1 Å². The van der Waals surface area contributed by atoms with Gasteiger partial charge in [0.05, 0.1) is 6.26 Å². The Morgan fingerprint density at radius 1 is 1.10 bits per heavy atom. The van der Waals surface area contributed by atoms with Crippen molar-refractivity contribution in [3.8, 4) is 0 Å². The number of nitrogens with zero attached hydrogens (tertiary/aromatic N) is 2. The summed E-state index contributed by atoms with van der Waals surface area (Å²) in [5, 5.41) is 7.19. The molecule has 29 heavy (non-hydrogen) atoms. The molecule has 2 heterocycles. The molecule has 1 saturated heterocycles. The van der Waals surface area contributed by atoms with Gasteiger partial charge in [-0.15, -0.1) is 24.0 Å². The maximum absolute atomic E-state index is 5.42. The lowest BCUT2D eigenvalue weighted by molar-refractivity contribution is 0.167. The molecule has 1 aliphatic heterocycles. The van der Waals surface area contributed by atoms with Gasteiger partial charge in [-0.1, -0.05) is 30.3 Å². The number of piperidine rings is 1. The first-order valence-electron chi connectivity index (χ1n) is 10.6. The molecule has 0 atom stereocenters. The van der Waals surface area contributed by atoms with Crippen LogP contribution in [0.5, 0.6) is 0 Å². The van der Waals surface area contributed by atoms with Crippen LogP contribution in [0.1, 0.15) is 38.0 Å². The minimum atomic E-state index is 0. The number of furan rings is 1. The predicted octanol–water partition coefficient (Wildman–Crippen LogP) is 4.09. The fraction of sp³-hybridized carbons (Fsp3) is 0.522. The van der Waals surface area contributed by atoms with E-state index in [2.05, 4.69) is 59.7 Å². The van der Waals surface area contributed by atoms with Crippen molar-refractivity contribution in [1.82, 2.24) is 15.5 Å². The van der Waals surface area contributed by atoms with Crippen LogP contribution < -0.4 is 10.6 Å². The van der Waals surface area contributed by atoms with Gasteiger partial charge in [0, 0.05) is 44.7 Å². The third-order valence-corrected chi connectivity index (χ3v) is 5.36. The van der Waals surface area contributed by atoms with E-state index in [1.165, 1.54) is 5.56 Å². The van der Waals surface area contributed by atoms with Crippen LogP contribution in [-0.4, -0.2) is 49.1 Å². The number of hydrogen-bond donors (Lipinski definition) is 2. The molecule has 2 aromatic rings. The summed E-state index contributed by atoms with van der Waals surface area (Å²) in [7, 11) is 0. The number of halogens is 1. The van der Waals surface area contributed by atoms with Crippen molar-refractivity contribution < 1.29 is 4.42 Å². The van der Waals surface area contributed by atoms with Gasteiger partial charge in [0.2, 0.25) is 0 Å². The fourth-order valence-corrected chi connectivity index (χ4v) is 3.61. The summed E-state index contributed by atoms with van der Waals surface area (Å²) in [6.07, 6.45) is 5.86. The molecule has 0 amide bonds. The normalized spacial score (nSPS) is 15.9. The SMILES string of the molecule is CC(C)N1CCC(NC(=NCCc2ccco2)NCCc2ccccc2)CC1.I. The van der Waals surface area contributed by atoms with Crippen LogP contribution in [0, 0.1) is 0 Å². The Labute approximate surface area is 192 Å². The molecular weight excluding hydrogens is 475 g/mol. The highest BCUT2D eigenvalue weighted by Crippen LogP contribution is 2.13. The second kappa shape index (κ2) is 12.9. The highest BCUT2D eigenvalue weighted by Gasteiger charge is 2.21. The Morgan fingerprint density at radius 3 is 2.52 bits per heavy atom. The van der Waals surface area contributed by atoms with Gasteiger partial charge < -0.3 is 20.0 Å². The third kappa shape index (κ3) is 8.38. The largest absolute Gasteiger partial charge is 0.469 e. The second-order valence-corrected chi connectivity index (χ2v) is 7.77. The van der Waals surface area contributed by atoms with Crippen molar-refractivity contribution in [3.63, 3.8) is 0 Å². The minimum absolute atomic E-state index is 0. The summed E-state index contributed by atoms with van der Waals surface area (Å²) in [4.78, 5) is 7.35. The molecule has 1 aromatic carbocycles. The summed E-state index contributed by atoms with van der Waals surface area (Å²) in [5.74, 6) is 1.91. The lowest BCUT2D eigenvalue weighted by Crippen LogP contribution is -2.50. The molecule has 160 valence electrons. The summed E-state index contributed by atoms with van der Waals surface area (Å²) >= 11 is 0. The number of nitrogens with one attached hydrogen (secondary N) is 2. The molecule has 0 bridgehead atoms. The average molecular weight is 510 g/mol. The molecule has 0 unspecified atom stereocenters. The number of guanidine groups is 1. The fourth-order valence-electron chi connectivity index (χ4n) is 3.61. The van der Waals surface area contributed by atoms with Crippen molar-refractivity contribution >= 4 is 29.9 Å². The minimum Gasteiger partial charge on any atom is -0.469 e. The standard InChI is InChI=1S/C23H34N4O.HI/c1-19(2)27-16-12-21(13-17-27)26-23(25-15-11-22-9-6-18-28-22)24-14-10-20-7-4-3-5-8-20;/h3-9,18-19,21H,10-17H2,1-2H3,(H2,24,25,26);1H. The zero-order valence-corrected chi connectivity index (χ0v) is 20.0. The van der Waals surface area contributed by atoms with E-state index in [1.54, 1.807) is 6.26 Å². The highest BCUT2D eigenvalue weighted by atomic mass is 127. The monoisotopic (exact) mass is 510 g/mol. The van der Waals surface area contributed by atoms with E-state index >= 15 is 0 Å². The quantitative estimate of drug-likeness (QED) is 0.319. The molecule has 1 aliphatic rings. The van der Waals surface area contributed by atoms with Crippen LogP contribution in [0.15, 0.2) is 58.1 Å². The van der Waals surface area contributed by atoms with Crippen LogP contribution in [-0.2, 0) is 12.8 Å². The van der Waals surface area contributed by atoms with E-state index in [4.69, 9.17) is 9.41 Å². The van der Waals surface area contributed by atoms with Crippen molar-refractivity contribution in [2.45, 2.75) is 51.6 Å². The van der Waals surface area contributed by atoms with Crippen LogP contribution >= 0.6 is 24.0 Å². The molecule has 0 spiro atoms. The third-order valence-electron chi connectivity index (χ3n) is 5.36. The molecular formula is C23H35IN4O. The Balaban J connectivity index is 0.00000300. The van der Waals surface area contributed by atoms with Crippen LogP contribution in [0.3, 0.4) is 0 Å². The summed E-state index contributed by atoms with van der Waals surface area (Å²) in [6.45, 7) is 8.46. The van der Waals surface area contributed by atoms with Gasteiger partial charge in [0.1, 0.15) is 5.76 Å². The number of hydrogen-bond acceptors (Lipinski definition) is 3. The predicted molar refractivity (Wildman–Crippen MR) is 131 cm³/mol.